The van der Waals surface area contributed by atoms with Gasteiger partial charge in [-0.3, -0.25) is 9.78 Å². The molecular formula is C12H11FN2O2. The van der Waals surface area contributed by atoms with Crippen LogP contribution in [0, 0.1) is 12.7 Å². The number of fused-ring (bicyclic) bond motifs is 1. The molecule has 0 saturated heterocycles. The van der Waals surface area contributed by atoms with Crippen molar-refractivity contribution in [2.45, 2.75) is 13.3 Å². The van der Waals surface area contributed by atoms with Gasteiger partial charge in [-0.25, -0.2) is 4.39 Å². The normalized spacial score (nSPS) is 10.7. The first-order valence-electron chi connectivity index (χ1n) is 5.05. The molecular weight excluding hydrogens is 223 g/mol. The molecule has 2 aromatic rings. The number of hydrogen-bond donors (Lipinski definition) is 2. The van der Waals surface area contributed by atoms with Crippen LogP contribution in [0.1, 0.15) is 11.3 Å². The number of nitrogen functional groups attached to an aromatic ring is 1. The minimum atomic E-state index is -0.989. The lowest BCUT2D eigenvalue weighted by molar-refractivity contribution is -0.136. The maximum absolute atomic E-state index is 13.1. The maximum Gasteiger partial charge on any atom is 0.307 e. The Balaban J connectivity index is 2.73. The lowest BCUT2D eigenvalue weighted by Crippen LogP contribution is -2.08. The highest BCUT2D eigenvalue weighted by Crippen LogP contribution is 2.26. The van der Waals surface area contributed by atoms with Gasteiger partial charge in [0.25, 0.3) is 0 Å². The van der Waals surface area contributed by atoms with Crippen LogP contribution in [0.4, 0.5) is 10.1 Å². The molecule has 0 aliphatic rings. The zero-order chi connectivity index (χ0) is 12.6. The zero-order valence-electron chi connectivity index (χ0n) is 9.20. The third-order valence-corrected chi connectivity index (χ3v) is 2.63. The van der Waals surface area contributed by atoms with Crippen molar-refractivity contribution >= 4 is 22.6 Å². The van der Waals surface area contributed by atoms with E-state index in [-0.39, 0.29) is 12.1 Å². The highest BCUT2D eigenvalue weighted by atomic mass is 19.1. The number of nitrogens with two attached hydrogens (primary N) is 1. The lowest BCUT2D eigenvalue weighted by Gasteiger charge is -2.10. The molecule has 1 heterocycles. The average Bonchev–Trinajstić information content (AvgIpc) is 2.25. The summed E-state index contributed by atoms with van der Waals surface area (Å²) in [4.78, 5) is 14.9. The van der Waals surface area contributed by atoms with Gasteiger partial charge >= 0.3 is 5.97 Å². The number of anilines is 1. The summed E-state index contributed by atoms with van der Waals surface area (Å²) in [5.41, 5.74) is 7.72. The van der Waals surface area contributed by atoms with Gasteiger partial charge in [0.15, 0.2) is 0 Å². The minimum Gasteiger partial charge on any atom is -0.481 e. The van der Waals surface area contributed by atoms with Crippen molar-refractivity contribution in [3.05, 3.63) is 35.3 Å². The zero-order valence-corrected chi connectivity index (χ0v) is 9.20. The second kappa shape index (κ2) is 4.01. The summed E-state index contributed by atoms with van der Waals surface area (Å²) in [7, 11) is 0. The molecule has 88 valence electrons. The van der Waals surface area contributed by atoms with Crippen LogP contribution in [0.3, 0.4) is 0 Å². The number of aliphatic carboxylic acids is 1. The van der Waals surface area contributed by atoms with Crippen molar-refractivity contribution in [3.8, 4) is 0 Å². The van der Waals surface area contributed by atoms with E-state index in [0.717, 1.165) is 0 Å². The Labute approximate surface area is 96.9 Å². The van der Waals surface area contributed by atoms with Crippen LogP contribution in [-0.4, -0.2) is 16.1 Å². The molecule has 0 bridgehead atoms. The number of aryl methyl sites for hydroxylation is 1. The molecule has 0 atom stereocenters. The lowest BCUT2D eigenvalue weighted by atomic mass is 10.0. The molecule has 0 amide bonds. The molecule has 0 aliphatic carbocycles. The Morgan fingerprint density at radius 1 is 1.53 bits per heavy atom. The first-order valence-corrected chi connectivity index (χ1v) is 5.05. The van der Waals surface area contributed by atoms with E-state index in [1.807, 2.05) is 0 Å². The van der Waals surface area contributed by atoms with E-state index in [9.17, 15) is 9.18 Å². The summed E-state index contributed by atoms with van der Waals surface area (Å²) in [6, 6.07) is 4.09. The summed E-state index contributed by atoms with van der Waals surface area (Å²) in [6.07, 6.45) is -0.211. The van der Waals surface area contributed by atoms with E-state index in [0.29, 0.717) is 22.2 Å². The third kappa shape index (κ3) is 2.04. The highest BCUT2D eigenvalue weighted by molar-refractivity contribution is 5.93. The van der Waals surface area contributed by atoms with Gasteiger partial charge in [-0.15, -0.1) is 0 Å². The van der Waals surface area contributed by atoms with E-state index in [1.165, 1.54) is 18.2 Å². The number of halogens is 1. The second-order valence-corrected chi connectivity index (χ2v) is 3.82. The van der Waals surface area contributed by atoms with Gasteiger partial charge in [0, 0.05) is 22.3 Å². The number of nitrogens with zero attached hydrogens (tertiary/aromatic N) is 1. The summed E-state index contributed by atoms with van der Waals surface area (Å²) in [5, 5.41) is 9.24. The first kappa shape index (κ1) is 11.3. The number of aromatic nitrogens is 1. The SMILES string of the molecule is Cc1nc2ccc(F)cc2c(N)c1CC(=O)O. The van der Waals surface area contributed by atoms with Crippen molar-refractivity contribution in [1.29, 1.82) is 0 Å². The number of rotatable bonds is 2. The van der Waals surface area contributed by atoms with Crippen LogP contribution < -0.4 is 5.73 Å². The van der Waals surface area contributed by atoms with E-state index in [1.54, 1.807) is 6.92 Å². The fraction of sp³-hybridized carbons (Fsp3) is 0.167. The number of carboxylic acids is 1. The molecule has 1 aromatic carbocycles. The molecule has 4 nitrogen and oxygen atoms in total. The molecule has 3 N–H and O–H groups in total. The molecule has 0 aliphatic heterocycles. The average molecular weight is 234 g/mol. The summed E-state index contributed by atoms with van der Waals surface area (Å²) in [5.74, 6) is -1.41. The Morgan fingerprint density at radius 3 is 2.88 bits per heavy atom. The van der Waals surface area contributed by atoms with Crippen LogP contribution in [0.2, 0.25) is 0 Å². The largest absolute Gasteiger partial charge is 0.481 e. The number of carbonyl (C=O) groups is 1. The van der Waals surface area contributed by atoms with E-state index in [4.69, 9.17) is 10.8 Å². The van der Waals surface area contributed by atoms with Gasteiger partial charge in [0.2, 0.25) is 0 Å². The van der Waals surface area contributed by atoms with Gasteiger partial charge in [-0.05, 0) is 25.1 Å². The van der Waals surface area contributed by atoms with Crippen molar-refractivity contribution in [3.63, 3.8) is 0 Å². The second-order valence-electron chi connectivity index (χ2n) is 3.82. The molecule has 5 heteroatoms. The van der Waals surface area contributed by atoms with Crippen molar-refractivity contribution in [2.24, 2.45) is 0 Å². The molecule has 1 aromatic heterocycles. The minimum absolute atomic E-state index is 0.211. The van der Waals surface area contributed by atoms with Crippen LogP contribution in [-0.2, 0) is 11.2 Å². The van der Waals surface area contributed by atoms with Gasteiger partial charge in [0.05, 0.1) is 11.9 Å². The number of hydrogen-bond acceptors (Lipinski definition) is 3. The first-order chi connectivity index (χ1) is 7.99. The smallest absolute Gasteiger partial charge is 0.307 e. The number of carboxylic acid groups (broad SMARTS) is 1. The number of benzene rings is 1. The topological polar surface area (TPSA) is 76.2 Å². The Hall–Kier alpha value is -2.17. The van der Waals surface area contributed by atoms with Gasteiger partial charge in [-0.1, -0.05) is 0 Å². The fourth-order valence-corrected chi connectivity index (χ4v) is 1.80. The van der Waals surface area contributed by atoms with Crippen molar-refractivity contribution < 1.29 is 14.3 Å². The van der Waals surface area contributed by atoms with Crippen molar-refractivity contribution in [2.75, 3.05) is 5.73 Å². The quantitative estimate of drug-likeness (QED) is 0.831. The van der Waals surface area contributed by atoms with Gasteiger partial charge in [0.1, 0.15) is 5.82 Å². The molecule has 0 spiro atoms. The van der Waals surface area contributed by atoms with Crippen LogP contribution in [0.25, 0.3) is 10.9 Å². The summed E-state index contributed by atoms with van der Waals surface area (Å²) in [6.45, 7) is 1.69. The Morgan fingerprint density at radius 2 is 2.24 bits per heavy atom. The summed E-state index contributed by atoms with van der Waals surface area (Å²) >= 11 is 0. The van der Waals surface area contributed by atoms with Crippen LogP contribution in [0.5, 0.6) is 0 Å². The summed E-state index contributed by atoms with van der Waals surface area (Å²) < 4.78 is 13.1. The molecule has 0 unspecified atom stereocenters. The fourth-order valence-electron chi connectivity index (χ4n) is 1.80. The standard InChI is InChI=1S/C12H11FN2O2/c1-6-8(5-11(16)17)12(14)9-4-7(13)2-3-10(9)15-6/h2-4H,5H2,1H3,(H2,14,15)(H,16,17). The monoisotopic (exact) mass is 234 g/mol. The Bertz CT molecular complexity index is 611. The Kier molecular flexibility index (Phi) is 2.67. The maximum atomic E-state index is 13.1. The molecule has 0 fully saturated rings. The van der Waals surface area contributed by atoms with E-state index < -0.39 is 11.8 Å². The number of pyridine rings is 1. The van der Waals surface area contributed by atoms with E-state index in [2.05, 4.69) is 4.98 Å². The van der Waals surface area contributed by atoms with E-state index >= 15 is 0 Å². The van der Waals surface area contributed by atoms with Gasteiger partial charge < -0.3 is 10.8 Å². The third-order valence-electron chi connectivity index (χ3n) is 2.63. The molecule has 0 saturated carbocycles. The highest BCUT2D eigenvalue weighted by Gasteiger charge is 2.13. The van der Waals surface area contributed by atoms with Gasteiger partial charge in [-0.2, -0.15) is 0 Å². The molecule has 0 radical (unpaired) electrons. The van der Waals surface area contributed by atoms with Crippen LogP contribution in [0.15, 0.2) is 18.2 Å². The van der Waals surface area contributed by atoms with Crippen LogP contribution >= 0.6 is 0 Å². The van der Waals surface area contributed by atoms with Crippen molar-refractivity contribution in [1.82, 2.24) is 4.98 Å². The predicted molar refractivity (Wildman–Crippen MR) is 62.2 cm³/mol. The molecule has 2 rings (SSSR count). The predicted octanol–water partition coefficient (Wildman–Crippen LogP) is 1.89. The molecule has 17 heavy (non-hydrogen) atoms.